The van der Waals surface area contributed by atoms with Gasteiger partial charge in [-0.1, -0.05) is 45.3 Å². The summed E-state index contributed by atoms with van der Waals surface area (Å²) in [7, 11) is 0. The predicted molar refractivity (Wildman–Crippen MR) is 86.8 cm³/mol. The van der Waals surface area contributed by atoms with Crippen LogP contribution in [0.3, 0.4) is 0 Å². The van der Waals surface area contributed by atoms with E-state index >= 15 is 0 Å². The van der Waals surface area contributed by atoms with Gasteiger partial charge in [-0.2, -0.15) is 0 Å². The van der Waals surface area contributed by atoms with Crippen molar-refractivity contribution in [2.24, 2.45) is 0 Å². The molecule has 0 aliphatic heterocycles. The maximum atomic E-state index is 3.56. The van der Waals surface area contributed by atoms with Crippen molar-refractivity contribution in [1.29, 1.82) is 0 Å². The van der Waals surface area contributed by atoms with Gasteiger partial charge in [-0.25, -0.2) is 0 Å². The van der Waals surface area contributed by atoms with Crippen molar-refractivity contribution in [3.05, 3.63) is 63.1 Å². The van der Waals surface area contributed by atoms with Gasteiger partial charge in [-0.3, -0.25) is 0 Å². The fourth-order valence-electron chi connectivity index (χ4n) is 2.33. The molecule has 2 rings (SSSR count). The summed E-state index contributed by atoms with van der Waals surface area (Å²) in [6.07, 6.45) is 0. The maximum absolute atomic E-state index is 3.56. The number of benzene rings is 2. The molecule has 2 aromatic rings. The molecule has 2 heteroatoms. The third kappa shape index (κ3) is 3.60. The Hall–Kier alpha value is -1.28. The van der Waals surface area contributed by atoms with Crippen LogP contribution in [0.25, 0.3) is 0 Å². The van der Waals surface area contributed by atoms with E-state index in [0.717, 1.165) is 10.2 Å². The highest BCUT2D eigenvalue weighted by atomic mass is 79.9. The van der Waals surface area contributed by atoms with Gasteiger partial charge in [0.2, 0.25) is 0 Å². The van der Waals surface area contributed by atoms with Crippen molar-refractivity contribution in [3.63, 3.8) is 0 Å². The summed E-state index contributed by atoms with van der Waals surface area (Å²) in [6.45, 7) is 8.60. The smallest absolute Gasteiger partial charge is 0.0485 e. The molecule has 0 fully saturated rings. The lowest BCUT2D eigenvalue weighted by Crippen LogP contribution is -2.07. The summed E-state index contributed by atoms with van der Waals surface area (Å²) in [5.74, 6) is 0. The Bertz CT molecular complexity index is 570. The normalized spacial score (nSPS) is 12.3. The highest BCUT2D eigenvalue weighted by Gasteiger charge is 2.07. The van der Waals surface area contributed by atoms with Crippen molar-refractivity contribution in [1.82, 2.24) is 0 Å². The molecule has 1 atom stereocenters. The zero-order valence-electron chi connectivity index (χ0n) is 11.9. The monoisotopic (exact) mass is 317 g/mol. The average molecular weight is 318 g/mol. The fourth-order valence-corrected chi connectivity index (χ4v) is 2.57. The molecule has 0 spiro atoms. The highest BCUT2D eigenvalue weighted by molar-refractivity contribution is 9.10. The molecule has 1 unspecified atom stereocenters. The number of rotatable bonds is 3. The first kappa shape index (κ1) is 14.1. The van der Waals surface area contributed by atoms with E-state index in [1.807, 2.05) is 0 Å². The van der Waals surface area contributed by atoms with E-state index in [0.29, 0.717) is 6.04 Å². The summed E-state index contributed by atoms with van der Waals surface area (Å²) in [5.41, 5.74) is 6.37. The lowest BCUT2D eigenvalue weighted by molar-refractivity contribution is 0.880. The topological polar surface area (TPSA) is 12.0 Å². The molecule has 0 bridgehead atoms. The second-order valence-electron chi connectivity index (χ2n) is 5.25. The Labute approximate surface area is 124 Å². The van der Waals surface area contributed by atoms with Gasteiger partial charge in [0.05, 0.1) is 0 Å². The van der Waals surface area contributed by atoms with Gasteiger partial charge in [0, 0.05) is 16.2 Å². The number of nitrogens with one attached hydrogen (secondary N) is 1. The molecule has 0 aromatic heterocycles. The fraction of sp³-hybridized carbons (Fsp3) is 0.294. The summed E-state index contributed by atoms with van der Waals surface area (Å²) in [6, 6.07) is 13.4. The quantitative estimate of drug-likeness (QED) is 0.782. The minimum absolute atomic E-state index is 0.305. The van der Waals surface area contributed by atoms with Crippen LogP contribution >= 0.6 is 15.9 Å². The molecular formula is C17H20BrN. The van der Waals surface area contributed by atoms with E-state index < -0.39 is 0 Å². The zero-order chi connectivity index (χ0) is 14.0. The molecule has 0 aliphatic carbocycles. The SMILES string of the molecule is Cc1cc(C)cc(C(C)Nc2ccc(Br)c(C)c2)c1. The van der Waals surface area contributed by atoms with E-state index in [1.54, 1.807) is 0 Å². The van der Waals surface area contributed by atoms with Crippen LogP contribution in [0.5, 0.6) is 0 Å². The molecular weight excluding hydrogens is 298 g/mol. The molecule has 1 nitrogen and oxygen atoms in total. The van der Waals surface area contributed by atoms with Crippen molar-refractivity contribution < 1.29 is 0 Å². The average Bonchev–Trinajstić information content (AvgIpc) is 2.32. The van der Waals surface area contributed by atoms with Crippen LogP contribution in [-0.2, 0) is 0 Å². The maximum Gasteiger partial charge on any atom is 0.0485 e. The first-order chi connectivity index (χ1) is 8.95. The number of hydrogen-bond acceptors (Lipinski definition) is 1. The van der Waals surface area contributed by atoms with Crippen LogP contribution in [0.2, 0.25) is 0 Å². The molecule has 19 heavy (non-hydrogen) atoms. The first-order valence-electron chi connectivity index (χ1n) is 6.56. The standard InChI is InChI=1S/C17H20BrN/c1-11-7-12(2)9-15(8-11)14(4)19-16-5-6-17(18)13(3)10-16/h5-10,14,19H,1-4H3. The third-order valence-corrected chi connectivity index (χ3v) is 4.17. The minimum Gasteiger partial charge on any atom is -0.379 e. The van der Waals surface area contributed by atoms with Crippen LogP contribution in [-0.4, -0.2) is 0 Å². The van der Waals surface area contributed by atoms with E-state index in [-0.39, 0.29) is 0 Å². The molecule has 2 aromatic carbocycles. The predicted octanol–water partition coefficient (Wildman–Crippen LogP) is 5.55. The molecule has 0 heterocycles. The summed E-state index contributed by atoms with van der Waals surface area (Å²) in [5, 5.41) is 3.56. The Balaban J connectivity index is 2.20. The lowest BCUT2D eigenvalue weighted by Gasteiger charge is -2.17. The molecule has 0 radical (unpaired) electrons. The van der Waals surface area contributed by atoms with E-state index in [4.69, 9.17) is 0 Å². The molecule has 0 aliphatic rings. The van der Waals surface area contributed by atoms with Gasteiger partial charge >= 0.3 is 0 Å². The minimum atomic E-state index is 0.305. The molecule has 1 N–H and O–H groups in total. The molecule has 0 amide bonds. The van der Waals surface area contributed by atoms with Crippen molar-refractivity contribution in [2.45, 2.75) is 33.7 Å². The Morgan fingerprint density at radius 1 is 0.947 bits per heavy atom. The Morgan fingerprint density at radius 2 is 1.58 bits per heavy atom. The lowest BCUT2D eigenvalue weighted by atomic mass is 10.0. The first-order valence-corrected chi connectivity index (χ1v) is 7.36. The van der Waals surface area contributed by atoms with Gasteiger partial charge < -0.3 is 5.32 Å². The molecule has 100 valence electrons. The van der Waals surface area contributed by atoms with E-state index in [9.17, 15) is 0 Å². The second kappa shape index (κ2) is 5.79. The number of hydrogen-bond donors (Lipinski definition) is 1. The van der Waals surface area contributed by atoms with E-state index in [2.05, 4.69) is 85.3 Å². The number of anilines is 1. The summed E-state index contributed by atoms with van der Waals surface area (Å²) >= 11 is 3.53. The van der Waals surface area contributed by atoms with Gasteiger partial charge in [0.25, 0.3) is 0 Å². The number of aryl methyl sites for hydroxylation is 3. The second-order valence-corrected chi connectivity index (χ2v) is 6.11. The van der Waals surface area contributed by atoms with Crippen molar-refractivity contribution in [2.75, 3.05) is 5.32 Å². The zero-order valence-corrected chi connectivity index (χ0v) is 13.5. The number of halogens is 1. The van der Waals surface area contributed by atoms with Gasteiger partial charge in [-0.15, -0.1) is 0 Å². The largest absolute Gasteiger partial charge is 0.379 e. The van der Waals surface area contributed by atoms with E-state index in [1.165, 1.54) is 22.3 Å². The molecule has 0 saturated carbocycles. The van der Waals surface area contributed by atoms with Gasteiger partial charge in [-0.05, 0) is 57.0 Å². The highest BCUT2D eigenvalue weighted by Crippen LogP contribution is 2.24. The third-order valence-electron chi connectivity index (χ3n) is 3.29. The Kier molecular flexibility index (Phi) is 4.31. The summed E-state index contributed by atoms with van der Waals surface area (Å²) in [4.78, 5) is 0. The molecule has 0 saturated heterocycles. The Morgan fingerprint density at radius 3 is 2.16 bits per heavy atom. The van der Waals surface area contributed by atoms with Crippen LogP contribution in [0, 0.1) is 20.8 Å². The van der Waals surface area contributed by atoms with Crippen molar-refractivity contribution >= 4 is 21.6 Å². The van der Waals surface area contributed by atoms with Crippen LogP contribution in [0.4, 0.5) is 5.69 Å². The van der Waals surface area contributed by atoms with Crippen LogP contribution in [0.1, 0.15) is 35.2 Å². The van der Waals surface area contributed by atoms with Crippen LogP contribution in [0.15, 0.2) is 40.9 Å². The van der Waals surface area contributed by atoms with Crippen molar-refractivity contribution in [3.8, 4) is 0 Å². The summed E-state index contributed by atoms with van der Waals surface area (Å²) < 4.78 is 1.15. The van der Waals surface area contributed by atoms with Gasteiger partial charge in [0.15, 0.2) is 0 Å². The van der Waals surface area contributed by atoms with Gasteiger partial charge in [0.1, 0.15) is 0 Å². The van der Waals surface area contributed by atoms with Crippen LogP contribution < -0.4 is 5.32 Å².